The highest BCUT2D eigenvalue weighted by Crippen LogP contribution is 2.46. The van der Waals surface area contributed by atoms with Crippen molar-refractivity contribution in [3.8, 4) is 0 Å². The van der Waals surface area contributed by atoms with Gasteiger partial charge in [-0.05, 0) is 36.3 Å². The van der Waals surface area contributed by atoms with Gasteiger partial charge >= 0.3 is 0 Å². The van der Waals surface area contributed by atoms with Crippen LogP contribution >= 0.6 is 0 Å². The average Bonchev–Trinajstić information content (AvgIpc) is 2.78. The minimum absolute atomic E-state index is 0.158. The van der Waals surface area contributed by atoms with Crippen molar-refractivity contribution in [1.29, 1.82) is 0 Å². The van der Waals surface area contributed by atoms with Gasteiger partial charge < -0.3 is 5.32 Å². The van der Waals surface area contributed by atoms with Crippen LogP contribution in [0.1, 0.15) is 37.8 Å². The zero-order chi connectivity index (χ0) is 12.8. The molecule has 3 rings (SSSR count). The quantitative estimate of drug-likeness (QED) is 0.850. The second-order valence-electron chi connectivity index (χ2n) is 6.41. The Morgan fingerprint density at radius 1 is 1.22 bits per heavy atom. The molecule has 0 radical (unpaired) electrons. The summed E-state index contributed by atoms with van der Waals surface area (Å²) < 4.78 is 0. The van der Waals surface area contributed by atoms with Crippen LogP contribution in [0.5, 0.6) is 0 Å². The molecule has 0 aromatic heterocycles. The van der Waals surface area contributed by atoms with Crippen LogP contribution in [0.3, 0.4) is 0 Å². The van der Waals surface area contributed by atoms with E-state index in [-0.39, 0.29) is 11.3 Å². The fraction of sp³-hybridized carbons (Fsp3) is 0.562. The van der Waals surface area contributed by atoms with Crippen molar-refractivity contribution in [2.45, 2.75) is 45.6 Å². The molecule has 0 bridgehead atoms. The van der Waals surface area contributed by atoms with Crippen LogP contribution in [0.15, 0.2) is 24.3 Å². The van der Waals surface area contributed by atoms with Crippen molar-refractivity contribution in [1.82, 2.24) is 5.32 Å². The van der Waals surface area contributed by atoms with Gasteiger partial charge in [0.1, 0.15) is 0 Å². The number of hydrogen-bond donors (Lipinski definition) is 1. The Labute approximate surface area is 109 Å². The lowest BCUT2D eigenvalue weighted by Gasteiger charge is -2.30. The Kier molecular flexibility index (Phi) is 2.69. The Bertz CT molecular complexity index is 453. The summed E-state index contributed by atoms with van der Waals surface area (Å²) in [6, 6.07) is 9.02. The maximum Gasteiger partial charge on any atom is 0.220 e. The number of carbonyl (C=O) groups excluding carboxylic acids is 1. The van der Waals surface area contributed by atoms with E-state index in [0.717, 1.165) is 19.3 Å². The molecule has 1 saturated heterocycles. The normalized spacial score (nSPS) is 24.6. The minimum atomic E-state index is 0.158. The fourth-order valence-electron chi connectivity index (χ4n) is 3.72. The van der Waals surface area contributed by atoms with Crippen molar-refractivity contribution >= 4 is 5.91 Å². The van der Waals surface area contributed by atoms with Gasteiger partial charge in [0.25, 0.3) is 0 Å². The summed E-state index contributed by atoms with van der Waals surface area (Å²) in [5.41, 5.74) is 3.05. The summed E-state index contributed by atoms with van der Waals surface area (Å²) in [6.07, 6.45) is 3.94. The second kappa shape index (κ2) is 4.11. The van der Waals surface area contributed by atoms with Gasteiger partial charge in [0, 0.05) is 17.9 Å². The zero-order valence-corrected chi connectivity index (χ0v) is 11.2. The summed E-state index contributed by atoms with van der Waals surface area (Å²) in [5.74, 6) is 0.877. The lowest BCUT2D eigenvalue weighted by atomic mass is 9.75. The van der Waals surface area contributed by atoms with E-state index in [9.17, 15) is 4.79 Å². The van der Waals surface area contributed by atoms with E-state index < -0.39 is 0 Å². The van der Waals surface area contributed by atoms with Gasteiger partial charge in [-0.15, -0.1) is 0 Å². The molecule has 1 heterocycles. The van der Waals surface area contributed by atoms with Crippen molar-refractivity contribution in [2.75, 3.05) is 0 Å². The summed E-state index contributed by atoms with van der Waals surface area (Å²) >= 11 is 0. The lowest BCUT2D eigenvalue weighted by molar-refractivity contribution is -0.119. The van der Waals surface area contributed by atoms with Gasteiger partial charge in [-0.3, -0.25) is 4.79 Å². The van der Waals surface area contributed by atoms with Crippen molar-refractivity contribution in [2.24, 2.45) is 11.3 Å². The average molecular weight is 243 g/mol. The van der Waals surface area contributed by atoms with E-state index in [0.29, 0.717) is 18.4 Å². The maximum absolute atomic E-state index is 11.8. The van der Waals surface area contributed by atoms with E-state index in [1.165, 1.54) is 11.1 Å². The highest BCUT2D eigenvalue weighted by atomic mass is 16.2. The summed E-state index contributed by atoms with van der Waals surface area (Å²) in [7, 11) is 0. The van der Waals surface area contributed by atoms with Crippen LogP contribution in [0.4, 0.5) is 0 Å². The molecule has 1 aliphatic heterocycles. The van der Waals surface area contributed by atoms with E-state index in [1.54, 1.807) is 0 Å². The predicted octanol–water partition coefficient (Wildman–Crippen LogP) is 2.71. The van der Waals surface area contributed by atoms with Gasteiger partial charge in [-0.25, -0.2) is 0 Å². The Balaban J connectivity index is 1.89. The highest BCUT2D eigenvalue weighted by Gasteiger charge is 2.49. The summed E-state index contributed by atoms with van der Waals surface area (Å²) in [6.45, 7) is 4.47. The minimum Gasteiger partial charge on any atom is -0.353 e. The number of nitrogens with one attached hydrogen (secondary N) is 1. The summed E-state index contributed by atoms with van der Waals surface area (Å²) in [4.78, 5) is 11.8. The maximum atomic E-state index is 11.8. The van der Waals surface area contributed by atoms with Crippen LogP contribution in [0.25, 0.3) is 0 Å². The Hall–Kier alpha value is -1.31. The molecule has 2 aliphatic rings. The SMILES string of the molecule is CC(C)CC1NC(=O)CC12Cc1ccccc1C2. The second-order valence-corrected chi connectivity index (χ2v) is 6.41. The number of rotatable bonds is 2. The van der Waals surface area contributed by atoms with Crippen LogP contribution < -0.4 is 5.32 Å². The number of hydrogen-bond acceptors (Lipinski definition) is 1. The largest absolute Gasteiger partial charge is 0.353 e. The first-order chi connectivity index (χ1) is 8.59. The molecular formula is C16H21NO. The first kappa shape index (κ1) is 11.8. The van der Waals surface area contributed by atoms with Crippen molar-refractivity contribution in [3.63, 3.8) is 0 Å². The van der Waals surface area contributed by atoms with Gasteiger partial charge in [-0.2, -0.15) is 0 Å². The molecule has 1 unspecified atom stereocenters. The molecule has 1 N–H and O–H groups in total. The van der Waals surface area contributed by atoms with E-state index in [1.807, 2.05) is 0 Å². The van der Waals surface area contributed by atoms with Crippen LogP contribution in [-0.2, 0) is 17.6 Å². The van der Waals surface area contributed by atoms with Crippen molar-refractivity contribution < 1.29 is 4.79 Å². The van der Waals surface area contributed by atoms with Crippen LogP contribution in [0, 0.1) is 11.3 Å². The molecule has 1 amide bonds. The van der Waals surface area contributed by atoms with Gasteiger partial charge in [0.15, 0.2) is 0 Å². The first-order valence-corrected chi connectivity index (χ1v) is 6.95. The molecule has 1 fully saturated rings. The van der Waals surface area contributed by atoms with Crippen LogP contribution in [-0.4, -0.2) is 11.9 Å². The number of carbonyl (C=O) groups is 1. The molecule has 0 saturated carbocycles. The van der Waals surface area contributed by atoms with E-state index in [4.69, 9.17) is 0 Å². The third-order valence-electron chi connectivity index (χ3n) is 4.50. The third kappa shape index (κ3) is 1.84. The molecule has 96 valence electrons. The highest BCUT2D eigenvalue weighted by molar-refractivity contribution is 5.80. The van der Waals surface area contributed by atoms with Crippen molar-refractivity contribution in [3.05, 3.63) is 35.4 Å². The molecule has 2 heteroatoms. The lowest BCUT2D eigenvalue weighted by Crippen LogP contribution is -2.38. The van der Waals surface area contributed by atoms with Gasteiger partial charge in [0.05, 0.1) is 0 Å². The molecule has 1 aliphatic carbocycles. The van der Waals surface area contributed by atoms with Gasteiger partial charge in [-0.1, -0.05) is 38.1 Å². The molecule has 1 atom stereocenters. The molecule has 2 nitrogen and oxygen atoms in total. The molecule has 18 heavy (non-hydrogen) atoms. The number of fused-ring (bicyclic) bond motifs is 1. The molecular weight excluding hydrogens is 222 g/mol. The van der Waals surface area contributed by atoms with Crippen LogP contribution in [0.2, 0.25) is 0 Å². The smallest absolute Gasteiger partial charge is 0.220 e. The molecule has 1 aromatic rings. The predicted molar refractivity (Wildman–Crippen MR) is 72.3 cm³/mol. The Morgan fingerprint density at radius 2 is 1.83 bits per heavy atom. The molecule has 1 spiro atoms. The van der Waals surface area contributed by atoms with Gasteiger partial charge in [0.2, 0.25) is 5.91 Å². The zero-order valence-electron chi connectivity index (χ0n) is 11.2. The first-order valence-electron chi connectivity index (χ1n) is 6.95. The number of benzene rings is 1. The summed E-state index contributed by atoms with van der Waals surface area (Å²) in [5, 5.41) is 3.21. The van der Waals surface area contributed by atoms with E-state index >= 15 is 0 Å². The van der Waals surface area contributed by atoms with E-state index in [2.05, 4.69) is 43.4 Å². The Morgan fingerprint density at radius 3 is 2.39 bits per heavy atom. The third-order valence-corrected chi connectivity index (χ3v) is 4.50. The topological polar surface area (TPSA) is 29.1 Å². The molecule has 1 aromatic carbocycles. The monoisotopic (exact) mass is 243 g/mol. The fourth-order valence-corrected chi connectivity index (χ4v) is 3.72. The number of amides is 1. The standard InChI is InChI=1S/C16H21NO/c1-11(2)7-14-16(10-15(18)17-14)8-12-5-3-4-6-13(12)9-16/h3-6,11,14H,7-10H2,1-2H3,(H,17,18).